The number of carbonyl (C=O) groups excluding carboxylic acids is 1. The molecule has 1 aromatic carbocycles. The molecule has 0 amide bonds. The van der Waals surface area contributed by atoms with E-state index in [-0.39, 0.29) is 30.7 Å². The number of fused-ring (bicyclic) bond motifs is 2. The lowest BCUT2D eigenvalue weighted by molar-refractivity contribution is -0.156. The zero-order valence-corrected chi connectivity index (χ0v) is 12.1. The van der Waals surface area contributed by atoms with Crippen LogP contribution in [0.4, 0.5) is 13.2 Å². The average Bonchev–Trinajstić information content (AvgIpc) is 3.19. The van der Waals surface area contributed by atoms with Gasteiger partial charge in [-0.2, -0.15) is 13.2 Å². The summed E-state index contributed by atoms with van der Waals surface area (Å²) in [6.07, 6.45) is -5.47. The Morgan fingerprint density at radius 1 is 1.21 bits per heavy atom. The molecule has 10 heteroatoms. The fourth-order valence-electron chi connectivity index (χ4n) is 2.88. The van der Waals surface area contributed by atoms with Crippen molar-refractivity contribution < 1.29 is 27.4 Å². The molecule has 3 atom stereocenters. The average molecular weight is 340 g/mol. The van der Waals surface area contributed by atoms with Gasteiger partial charge in [-0.1, -0.05) is 12.1 Å². The Kier molecular flexibility index (Phi) is 3.39. The molecule has 4 rings (SSSR count). The van der Waals surface area contributed by atoms with Crippen LogP contribution in [0.3, 0.4) is 0 Å². The molecule has 2 bridgehead atoms. The van der Waals surface area contributed by atoms with E-state index in [0.29, 0.717) is 5.56 Å². The van der Waals surface area contributed by atoms with E-state index in [1.807, 2.05) is 0 Å². The molecule has 2 saturated heterocycles. The van der Waals surface area contributed by atoms with Crippen LogP contribution in [0.25, 0.3) is 11.4 Å². The van der Waals surface area contributed by atoms with Gasteiger partial charge in [-0.05, 0) is 22.6 Å². The van der Waals surface area contributed by atoms with E-state index in [4.69, 9.17) is 9.47 Å². The van der Waals surface area contributed by atoms with Crippen molar-refractivity contribution in [2.75, 3.05) is 6.61 Å². The van der Waals surface area contributed by atoms with Gasteiger partial charge in [-0.25, -0.2) is 4.68 Å². The number of hydrogen-bond donors (Lipinski definition) is 0. The number of alkyl halides is 3. The van der Waals surface area contributed by atoms with Crippen molar-refractivity contribution in [3.8, 4) is 11.4 Å². The fraction of sp³-hybridized carbons (Fsp3) is 0.429. The van der Waals surface area contributed by atoms with E-state index in [9.17, 15) is 18.0 Å². The minimum absolute atomic E-state index is 0.147. The highest BCUT2D eigenvalue weighted by Gasteiger charge is 2.45. The summed E-state index contributed by atoms with van der Waals surface area (Å²) >= 11 is 0. The lowest BCUT2D eigenvalue weighted by atomic mass is 10.0. The Balaban J connectivity index is 1.67. The summed E-state index contributed by atoms with van der Waals surface area (Å²) in [6, 6.07) is 4.06. The number of aromatic nitrogens is 4. The number of nitrogens with zero attached hydrogens (tertiary/aromatic N) is 4. The molecule has 2 aliphatic rings. The maximum absolute atomic E-state index is 12.7. The molecule has 0 N–H and O–H groups in total. The monoisotopic (exact) mass is 340 g/mol. The number of ketones is 1. The third-order valence-corrected chi connectivity index (χ3v) is 4.09. The van der Waals surface area contributed by atoms with Crippen LogP contribution < -0.4 is 0 Å². The molecule has 0 unspecified atom stereocenters. The predicted molar refractivity (Wildman–Crippen MR) is 71.5 cm³/mol. The zero-order valence-electron chi connectivity index (χ0n) is 12.1. The zero-order chi connectivity index (χ0) is 16.9. The molecule has 24 heavy (non-hydrogen) atoms. The number of hydrogen-bond acceptors (Lipinski definition) is 6. The summed E-state index contributed by atoms with van der Waals surface area (Å²) in [5.74, 6) is 0.0677. The second-order valence-corrected chi connectivity index (χ2v) is 5.60. The molecule has 1 aromatic heterocycles. The highest BCUT2D eigenvalue weighted by atomic mass is 19.4. The number of benzene rings is 1. The first-order chi connectivity index (χ1) is 11.4. The van der Waals surface area contributed by atoms with E-state index in [2.05, 4.69) is 15.5 Å². The summed E-state index contributed by atoms with van der Waals surface area (Å²) in [5.41, 5.74) is -0.338. The Morgan fingerprint density at radius 2 is 1.96 bits per heavy atom. The van der Waals surface area contributed by atoms with E-state index in [1.54, 1.807) is 0 Å². The standard InChI is InChI=1S/C14H11F3N4O3/c15-14(16,17)8-3-1-7(2-4-8)12-18-19-20-21(12)9-5-10(22)13-23-6-11(9)24-13/h1-4,9,11,13H,5-6H2/t9-,11-,13-/m0/s1. The molecule has 0 aliphatic carbocycles. The maximum atomic E-state index is 12.7. The lowest BCUT2D eigenvalue weighted by Gasteiger charge is -2.26. The van der Waals surface area contributed by atoms with Crippen LogP contribution in [0, 0.1) is 0 Å². The van der Waals surface area contributed by atoms with Gasteiger partial charge < -0.3 is 9.47 Å². The first-order valence-corrected chi connectivity index (χ1v) is 7.19. The Morgan fingerprint density at radius 3 is 2.67 bits per heavy atom. The summed E-state index contributed by atoms with van der Waals surface area (Å²) in [6.45, 7) is 0.243. The van der Waals surface area contributed by atoms with Gasteiger partial charge in [0.25, 0.3) is 0 Å². The topological polar surface area (TPSA) is 79.1 Å². The van der Waals surface area contributed by atoms with Gasteiger partial charge in [-0.3, -0.25) is 4.79 Å². The van der Waals surface area contributed by atoms with Crippen LogP contribution in [-0.4, -0.2) is 45.0 Å². The van der Waals surface area contributed by atoms with E-state index in [1.165, 1.54) is 16.8 Å². The maximum Gasteiger partial charge on any atom is 0.416 e. The smallest absolute Gasteiger partial charge is 0.343 e. The molecule has 2 fully saturated rings. The Labute approximate surface area is 133 Å². The molecule has 0 spiro atoms. The van der Waals surface area contributed by atoms with Crippen LogP contribution in [0.1, 0.15) is 18.0 Å². The Bertz CT molecular complexity index is 774. The van der Waals surface area contributed by atoms with Gasteiger partial charge in [-0.15, -0.1) is 5.10 Å². The van der Waals surface area contributed by atoms with Crippen LogP contribution in [-0.2, 0) is 20.4 Å². The van der Waals surface area contributed by atoms with Gasteiger partial charge in [0.2, 0.25) is 6.29 Å². The molecule has 0 radical (unpaired) electrons. The first kappa shape index (κ1) is 15.2. The normalized spacial score (nSPS) is 26.8. The van der Waals surface area contributed by atoms with Crippen molar-refractivity contribution in [3.05, 3.63) is 29.8 Å². The second kappa shape index (κ2) is 5.35. The molecule has 2 aromatic rings. The fourth-order valence-corrected chi connectivity index (χ4v) is 2.88. The van der Waals surface area contributed by atoms with Gasteiger partial charge in [0.1, 0.15) is 6.10 Å². The predicted octanol–water partition coefficient (Wildman–Crippen LogP) is 1.61. The highest BCUT2D eigenvalue weighted by Crippen LogP contribution is 2.35. The molecular weight excluding hydrogens is 329 g/mol. The second-order valence-electron chi connectivity index (χ2n) is 5.60. The van der Waals surface area contributed by atoms with Gasteiger partial charge in [0.05, 0.1) is 18.2 Å². The van der Waals surface area contributed by atoms with Crippen LogP contribution in [0.15, 0.2) is 24.3 Å². The van der Waals surface area contributed by atoms with E-state index < -0.39 is 24.1 Å². The molecule has 3 heterocycles. The molecule has 126 valence electrons. The largest absolute Gasteiger partial charge is 0.416 e. The Hall–Kier alpha value is -2.33. The van der Waals surface area contributed by atoms with Gasteiger partial charge >= 0.3 is 6.18 Å². The minimum atomic E-state index is -4.41. The van der Waals surface area contributed by atoms with Crippen molar-refractivity contribution in [2.45, 2.75) is 31.0 Å². The minimum Gasteiger partial charge on any atom is -0.343 e. The lowest BCUT2D eigenvalue weighted by Crippen LogP contribution is -2.37. The summed E-state index contributed by atoms with van der Waals surface area (Å²) in [7, 11) is 0. The molecule has 7 nitrogen and oxygen atoms in total. The quantitative estimate of drug-likeness (QED) is 0.826. The number of carbonyl (C=O) groups is 1. The van der Waals surface area contributed by atoms with E-state index >= 15 is 0 Å². The number of ether oxygens (including phenoxy) is 2. The summed E-state index contributed by atoms with van der Waals surface area (Å²) in [5, 5.41) is 11.3. The molecule has 2 aliphatic heterocycles. The van der Waals surface area contributed by atoms with Crippen LogP contribution >= 0.6 is 0 Å². The molecular formula is C14H11F3N4O3. The third-order valence-electron chi connectivity index (χ3n) is 4.09. The molecule has 0 saturated carbocycles. The SMILES string of the molecule is O=C1C[C@H](n2nnnc2-c2ccc(C(F)(F)F)cc2)[C@@H]2CO[C@H]1O2. The van der Waals surface area contributed by atoms with E-state index in [0.717, 1.165) is 12.1 Å². The summed E-state index contributed by atoms with van der Waals surface area (Å²) < 4.78 is 50.1. The van der Waals surface area contributed by atoms with Crippen molar-refractivity contribution >= 4 is 5.78 Å². The van der Waals surface area contributed by atoms with Crippen molar-refractivity contribution in [1.82, 2.24) is 20.2 Å². The van der Waals surface area contributed by atoms with Crippen molar-refractivity contribution in [1.29, 1.82) is 0 Å². The third kappa shape index (κ3) is 2.47. The van der Waals surface area contributed by atoms with Gasteiger partial charge in [0.15, 0.2) is 11.6 Å². The number of Topliss-reactive ketones (excluding diaryl/α,β-unsaturated/α-hetero) is 1. The number of rotatable bonds is 2. The van der Waals surface area contributed by atoms with Crippen LogP contribution in [0.5, 0.6) is 0 Å². The van der Waals surface area contributed by atoms with Crippen LogP contribution in [0.2, 0.25) is 0 Å². The van der Waals surface area contributed by atoms with Crippen molar-refractivity contribution in [2.24, 2.45) is 0 Å². The number of halogens is 3. The summed E-state index contributed by atoms with van der Waals surface area (Å²) in [4.78, 5) is 11.9. The van der Waals surface area contributed by atoms with Gasteiger partial charge in [0, 0.05) is 12.0 Å². The van der Waals surface area contributed by atoms with Crippen molar-refractivity contribution in [3.63, 3.8) is 0 Å². The highest BCUT2D eigenvalue weighted by molar-refractivity contribution is 5.83. The number of tetrazole rings is 1. The first-order valence-electron chi connectivity index (χ1n) is 7.19.